The first kappa shape index (κ1) is 20.4. The van der Waals surface area contributed by atoms with Gasteiger partial charge in [0.2, 0.25) is 0 Å². The first-order valence-corrected chi connectivity index (χ1v) is 9.94. The third kappa shape index (κ3) is 5.57. The summed E-state index contributed by atoms with van der Waals surface area (Å²) in [7, 11) is 1.63. The zero-order chi connectivity index (χ0) is 19.8. The number of benzene rings is 3. The Morgan fingerprint density at radius 2 is 1.68 bits per heavy atom. The van der Waals surface area contributed by atoms with Crippen molar-refractivity contribution in [3.05, 3.63) is 93.7 Å². The highest BCUT2D eigenvalue weighted by Gasteiger charge is 2.15. The van der Waals surface area contributed by atoms with E-state index in [2.05, 4.69) is 45.5 Å². The molecule has 0 saturated carbocycles. The highest BCUT2D eigenvalue weighted by molar-refractivity contribution is 9.10. The summed E-state index contributed by atoms with van der Waals surface area (Å²) in [5.74, 6) is 1.10. The van der Waals surface area contributed by atoms with Crippen molar-refractivity contribution in [3.63, 3.8) is 0 Å². The zero-order valence-corrected chi connectivity index (χ0v) is 17.3. The van der Waals surface area contributed by atoms with Crippen LogP contribution in [-0.2, 0) is 19.6 Å². The van der Waals surface area contributed by atoms with Gasteiger partial charge in [-0.3, -0.25) is 0 Å². The van der Waals surface area contributed by atoms with Gasteiger partial charge in [-0.15, -0.1) is 0 Å². The van der Waals surface area contributed by atoms with Crippen molar-refractivity contribution in [2.24, 2.45) is 0 Å². The van der Waals surface area contributed by atoms with Crippen LogP contribution in [0.15, 0.2) is 71.2 Å². The summed E-state index contributed by atoms with van der Waals surface area (Å²) >= 11 is 3.62. The lowest BCUT2D eigenvalue weighted by Crippen LogP contribution is -2.18. The second-order valence-corrected chi connectivity index (χ2v) is 7.24. The third-order valence-electron chi connectivity index (χ3n) is 4.42. The predicted molar refractivity (Wildman–Crippen MR) is 113 cm³/mol. The van der Waals surface area contributed by atoms with Crippen LogP contribution < -0.4 is 14.8 Å². The van der Waals surface area contributed by atoms with Crippen LogP contribution in [0.1, 0.15) is 16.7 Å². The summed E-state index contributed by atoms with van der Waals surface area (Å²) in [6, 6.07) is 20.5. The Morgan fingerprint density at radius 1 is 0.929 bits per heavy atom. The van der Waals surface area contributed by atoms with Crippen molar-refractivity contribution < 1.29 is 13.9 Å². The van der Waals surface area contributed by atoms with Gasteiger partial charge in [0, 0.05) is 16.6 Å². The molecule has 3 aromatic carbocycles. The molecule has 0 saturated heterocycles. The quantitative estimate of drug-likeness (QED) is 0.442. The van der Waals surface area contributed by atoms with Crippen LogP contribution in [-0.4, -0.2) is 13.7 Å². The summed E-state index contributed by atoms with van der Waals surface area (Å²) < 4.78 is 25.6. The molecular formula is C23H23BrFNO2. The smallest absolute Gasteiger partial charge is 0.167 e. The van der Waals surface area contributed by atoms with Gasteiger partial charge in [0.15, 0.2) is 11.5 Å². The van der Waals surface area contributed by atoms with Crippen molar-refractivity contribution in [1.82, 2.24) is 5.32 Å². The van der Waals surface area contributed by atoms with Crippen molar-refractivity contribution >= 4 is 15.9 Å². The van der Waals surface area contributed by atoms with Gasteiger partial charge >= 0.3 is 0 Å². The Labute approximate surface area is 173 Å². The molecule has 0 bridgehead atoms. The van der Waals surface area contributed by atoms with Crippen molar-refractivity contribution in [2.45, 2.75) is 19.6 Å². The van der Waals surface area contributed by atoms with E-state index in [0.29, 0.717) is 24.7 Å². The standard InChI is InChI=1S/C23H23BrFNO2/c1-27-22-12-11-21(24)20(15-26-14-13-17-5-3-2-4-6-17)23(22)28-16-18-7-9-19(25)10-8-18/h2-12,26H,13-16H2,1H3. The van der Waals surface area contributed by atoms with Gasteiger partial charge in [0.1, 0.15) is 12.4 Å². The molecule has 0 aliphatic carbocycles. The van der Waals surface area contributed by atoms with E-state index < -0.39 is 0 Å². The Kier molecular flexibility index (Phi) is 7.46. The molecule has 0 heterocycles. The van der Waals surface area contributed by atoms with Crippen LogP contribution in [0.5, 0.6) is 11.5 Å². The zero-order valence-electron chi connectivity index (χ0n) is 15.8. The monoisotopic (exact) mass is 443 g/mol. The number of methoxy groups -OCH3 is 1. The largest absolute Gasteiger partial charge is 0.493 e. The molecule has 0 aliphatic heterocycles. The van der Waals surface area contributed by atoms with Crippen LogP contribution in [0, 0.1) is 5.82 Å². The molecule has 3 nitrogen and oxygen atoms in total. The highest BCUT2D eigenvalue weighted by atomic mass is 79.9. The van der Waals surface area contributed by atoms with E-state index in [4.69, 9.17) is 9.47 Å². The minimum absolute atomic E-state index is 0.257. The lowest BCUT2D eigenvalue weighted by molar-refractivity contribution is 0.280. The number of hydrogen-bond donors (Lipinski definition) is 1. The number of rotatable bonds is 9. The lowest BCUT2D eigenvalue weighted by Gasteiger charge is -2.17. The van der Waals surface area contributed by atoms with Crippen LogP contribution in [0.2, 0.25) is 0 Å². The van der Waals surface area contributed by atoms with Gasteiger partial charge in [-0.25, -0.2) is 4.39 Å². The molecule has 0 aliphatic rings. The fourth-order valence-corrected chi connectivity index (χ4v) is 3.35. The van der Waals surface area contributed by atoms with E-state index in [1.807, 2.05) is 18.2 Å². The number of hydrogen-bond acceptors (Lipinski definition) is 3. The second kappa shape index (κ2) is 10.2. The molecule has 0 radical (unpaired) electrons. The number of nitrogens with one attached hydrogen (secondary N) is 1. The molecule has 0 aromatic heterocycles. The Balaban J connectivity index is 1.67. The Hall–Kier alpha value is -2.37. The maximum Gasteiger partial charge on any atom is 0.167 e. The summed E-state index contributed by atoms with van der Waals surface area (Å²) in [6.45, 7) is 1.83. The van der Waals surface area contributed by atoms with Crippen LogP contribution in [0.3, 0.4) is 0 Å². The molecular weight excluding hydrogens is 421 g/mol. The van der Waals surface area contributed by atoms with E-state index in [-0.39, 0.29) is 5.82 Å². The summed E-state index contributed by atoms with van der Waals surface area (Å²) in [4.78, 5) is 0. The molecule has 1 N–H and O–H groups in total. The van der Waals surface area contributed by atoms with E-state index >= 15 is 0 Å². The minimum atomic E-state index is -0.257. The molecule has 0 amide bonds. The van der Waals surface area contributed by atoms with Gasteiger partial charge in [-0.2, -0.15) is 0 Å². The van der Waals surface area contributed by atoms with Gasteiger partial charge < -0.3 is 14.8 Å². The molecule has 3 rings (SSSR count). The van der Waals surface area contributed by atoms with Crippen LogP contribution in [0.25, 0.3) is 0 Å². The molecule has 146 valence electrons. The highest BCUT2D eigenvalue weighted by Crippen LogP contribution is 2.36. The van der Waals surface area contributed by atoms with Crippen molar-refractivity contribution in [1.29, 1.82) is 0 Å². The van der Waals surface area contributed by atoms with E-state index in [9.17, 15) is 4.39 Å². The van der Waals surface area contributed by atoms with E-state index in [1.54, 1.807) is 19.2 Å². The molecule has 0 spiro atoms. The van der Waals surface area contributed by atoms with Gasteiger partial charge in [0.05, 0.1) is 7.11 Å². The van der Waals surface area contributed by atoms with Crippen molar-refractivity contribution in [3.8, 4) is 11.5 Å². The van der Waals surface area contributed by atoms with Gasteiger partial charge in [0.25, 0.3) is 0 Å². The SMILES string of the molecule is COc1ccc(Br)c(CNCCc2ccccc2)c1OCc1ccc(F)cc1. The Morgan fingerprint density at radius 3 is 2.39 bits per heavy atom. The topological polar surface area (TPSA) is 30.5 Å². The second-order valence-electron chi connectivity index (χ2n) is 6.38. The normalized spacial score (nSPS) is 10.7. The average Bonchev–Trinajstić information content (AvgIpc) is 2.73. The average molecular weight is 444 g/mol. The number of ether oxygens (including phenoxy) is 2. The minimum Gasteiger partial charge on any atom is -0.493 e. The van der Waals surface area contributed by atoms with Gasteiger partial charge in [-0.05, 0) is 48.4 Å². The maximum absolute atomic E-state index is 13.1. The summed E-state index contributed by atoms with van der Waals surface area (Å²) in [5, 5.41) is 3.47. The summed E-state index contributed by atoms with van der Waals surface area (Å²) in [6.07, 6.45) is 0.953. The number of halogens is 2. The molecule has 28 heavy (non-hydrogen) atoms. The first-order chi connectivity index (χ1) is 13.7. The van der Waals surface area contributed by atoms with Crippen LogP contribution in [0.4, 0.5) is 4.39 Å². The maximum atomic E-state index is 13.1. The molecule has 0 unspecified atom stereocenters. The third-order valence-corrected chi connectivity index (χ3v) is 5.16. The molecule has 0 fully saturated rings. The van der Waals surface area contributed by atoms with Crippen LogP contribution >= 0.6 is 15.9 Å². The van der Waals surface area contributed by atoms with E-state index in [1.165, 1.54) is 17.7 Å². The fourth-order valence-electron chi connectivity index (χ4n) is 2.89. The van der Waals surface area contributed by atoms with Gasteiger partial charge in [-0.1, -0.05) is 58.4 Å². The Bertz CT molecular complexity index is 885. The molecule has 3 aromatic rings. The first-order valence-electron chi connectivity index (χ1n) is 9.14. The summed E-state index contributed by atoms with van der Waals surface area (Å²) in [5.41, 5.74) is 3.19. The predicted octanol–water partition coefficient (Wildman–Crippen LogP) is 5.51. The van der Waals surface area contributed by atoms with Crippen molar-refractivity contribution in [2.75, 3.05) is 13.7 Å². The lowest BCUT2D eigenvalue weighted by atomic mass is 10.1. The molecule has 0 atom stereocenters. The fraction of sp³-hybridized carbons (Fsp3) is 0.217. The van der Waals surface area contributed by atoms with E-state index in [0.717, 1.165) is 28.6 Å². The molecule has 5 heteroatoms.